The van der Waals surface area contributed by atoms with Crippen LogP contribution < -0.4 is 0 Å². The molecule has 0 radical (unpaired) electrons. The molecule has 35 heavy (non-hydrogen) atoms. The van der Waals surface area contributed by atoms with Crippen LogP contribution in [0.3, 0.4) is 0 Å². The van der Waals surface area contributed by atoms with Crippen LogP contribution in [0.25, 0.3) is 6.08 Å². The number of carbonyl (C=O) groups excluding carboxylic acids is 1. The first-order valence-electron chi connectivity index (χ1n) is 11.7. The van der Waals surface area contributed by atoms with Gasteiger partial charge in [0.25, 0.3) is 0 Å². The van der Waals surface area contributed by atoms with Crippen molar-refractivity contribution in [1.82, 2.24) is 9.21 Å². The Morgan fingerprint density at radius 1 is 0.971 bits per heavy atom. The molecule has 1 aliphatic rings. The molecule has 0 bridgehead atoms. The van der Waals surface area contributed by atoms with Gasteiger partial charge in [0.15, 0.2) is 0 Å². The quantitative estimate of drug-likeness (QED) is 0.397. The van der Waals surface area contributed by atoms with Crippen LogP contribution in [0.1, 0.15) is 29.7 Å². The van der Waals surface area contributed by atoms with Gasteiger partial charge in [-0.25, -0.2) is 8.42 Å². The number of nitrogens with zero attached hydrogens (tertiary/aromatic N) is 2. The number of amides is 1. The molecule has 0 spiro atoms. The number of furan rings is 1. The summed E-state index contributed by atoms with van der Waals surface area (Å²) in [5.74, 6) is 0.326. The first kappa shape index (κ1) is 24.9. The molecule has 3 aromatic rings. The highest BCUT2D eigenvalue weighted by Crippen LogP contribution is 2.18. The Labute approximate surface area is 206 Å². The number of rotatable bonds is 11. The average molecular weight is 495 g/mol. The van der Waals surface area contributed by atoms with E-state index in [0.717, 1.165) is 24.0 Å². The number of hydrogen-bond acceptors (Lipinski definition) is 5. The zero-order chi connectivity index (χ0) is 24.5. The van der Waals surface area contributed by atoms with Crippen molar-refractivity contribution < 1.29 is 22.4 Å². The minimum absolute atomic E-state index is 0.132. The summed E-state index contributed by atoms with van der Waals surface area (Å²) >= 11 is 0. The highest BCUT2D eigenvalue weighted by molar-refractivity contribution is 7.92. The first-order chi connectivity index (χ1) is 17.0. The molecule has 0 N–H and O–H groups in total. The van der Waals surface area contributed by atoms with Gasteiger partial charge in [0, 0.05) is 25.1 Å². The molecule has 1 aliphatic heterocycles. The lowest BCUT2D eigenvalue weighted by Crippen LogP contribution is -2.44. The molecule has 0 saturated carbocycles. The fourth-order valence-corrected chi connectivity index (χ4v) is 5.13. The lowest BCUT2D eigenvalue weighted by molar-refractivity contribution is -0.133. The molecule has 1 aromatic heterocycles. The van der Waals surface area contributed by atoms with Gasteiger partial charge in [0.1, 0.15) is 5.76 Å². The van der Waals surface area contributed by atoms with Crippen molar-refractivity contribution >= 4 is 22.0 Å². The topological polar surface area (TPSA) is 80.1 Å². The minimum Gasteiger partial charge on any atom is -0.467 e. The van der Waals surface area contributed by atoms with E-state index in [1.54, 1.807) is 29.4 Å². The fourth-order valence-electron chi connectivity index (χ4n) is 3.97. The van der Waals surface area contributed by atoms with E-state index in [9.17, 15) is 13.2 Å². The molecule has 1 atom stereocenters. The zero-order valence-electron chi connectivity index (χ0n) is 19.5. The van der Waals surface area contributed by atoms with Crippen molar-refractivity contribution in [2.75, 3.05) is 19.7 Å². The average Bonchev–Trinajstić information content (AvgIpc) is 3.58. The van der Waals surface area contributed by atoms with Crippen LogP contribution in [0.15, 0.2) is 88.9 Å². The molecular weight excluding hydrogens is 464 g/mol. The molecule has 184 valence electrons. The Balaban J connectivity index is 1.55. The highest BCUT2D eigenvalue weighted by Gasteiger charge is 2.30. The summed E-state index contributed by atoms with van der Waals surface area (Å²) in [6.45, 7) is 1.04. The molecule has 1 saturated heterocycles. The van der Waals surface area contributed by atoms with Crippen molar-refractivity contribution in [2.24, 2.45) is 0 Å². The Kier molecular flexibility index (Phi) is 8.52. The Hall–Kier alpha value is -3.20. The predicted octanol–water partition coefficient (Wildman–Crippen LogP) is 4.29. The van der Waals surface area contributed by atoms with Gasteiger partial charge < -0.3 is 14.1 Å². The molecule has 1 amide bonds. The van der Waals surface area contributed by atoms with E-state index in [2.05, 4.69) is 0 Å². The maximum absolute atomic E-state index is 13.5. The van der Waals surface area contributed by atoms with Crippen LogP contribution in [-0.2, 0) is 32.6 Å². The Morgan fingerprint density at radius 2 is 1.71 bits per heavy atom. The Morgan fingerprint density at radius 3 is 2.37 bits per heavy atom. The lowest BCUT2D eigenvalue weighted by Gasteiger charge is -2.27. The lowest BCUT2D eigenvalue weighted by atomic mass is 10.2. The predicted molar refractivity (Wildman–Crippen MR) is 134 cm³/mol. The second-order valence-electron chi connectivity index (χ2n) is 8.50. The maximum Gasteiger partial charge on any atom is 0.238 e. The molecular formula is C27H30N2O5S. The number of carbonyl (C=O) groups is 1. The molecule has 2 heterocycles. The molecule has 8 heteroatoms. The smallest absolute Gasteiger partial charge is 0.238 e. The van der Waals surface area contributed by atoms with Gasteiger partial charge in [-0.05, 0) is 42.2 Å². The van der Waals surface area contributed by atoms with Gasteiger partial charge in [0.2, 0.25) is 15.9 Å². The van der Waals surface area contributed by atoms with Gasteiger partial charge in [-0.3, -0.25) is 4.79 Å². The van der Waals surface area contributed by atoms with Gasteiger partial charge >= 0.3 is 0 Å². The van der Waals surface area contributed by atoms with Crippen molar-refractivity contribution in [3.05, 3.63) is 101 Å². The van der Waals surface area contributed by atoms with E-state index in [0.29, 0.717) is 18.9 Å². The van der Waals surface area contributed by atoms with Crippen molar-refractivity contribution in [3.63, 3.8) is 0 Å². The summed E-state index contributed by atoms with van der Waals surface area (Å²) in [6, 6.07) is 22.4. The van der Waals surface area contributed by atoms with E-state index in [-0.39, 0.29) is 31.6 Å². The van der Waals surface area contributed by atoms with Crippen molar-refractivity contribution in [2.45, 2.75) is 32.0 Å². The number of sulfonamides is 1. The normalized spacial score (nSPS) is 16.2. The van der Waals surface area contributed by atoms with Crippen LogP contribution in [0.2, 0.25) is 0 Å². The van der Waals surface area contributed by atoms with Crippen LogP contribution in [0.4, 0.5) is 0 Å². The molecule has 0 aliphatic carbocycles. The summed E-state index contributed by atoms with van der Waals surface area (Å²) in [5, 5.41) is 1.17. The number of ether oxygens (including phenoxy) is 1. The fraction of sp³-hybridized carbons (Fsp3) is 0.296. The van der Waals surface area contributed by atoms with Gasteiger partial charge in [0.05, 0.1) is 25.5 Å². The second kappa shape index (κ2) is 12.0. The van der Waals surface area contributed by atoms with E-state index in [4.69, 9.17) is 9.15 Å². The second-order valence-corrected chi connectivity index (χ2v) is 10.3. The minimum atomic E-state index is -3.87. The SMILES string of the molecule is O=C(CN(CC1CCCO1)S(=O)(=O)/C=C/c1ccccc1)N(Cc1ccccc1)Cc1ccco1. The monoisotopic (exact) mass is 494 g/mol. The third-order valence-corrected chi connectivity index (χ3v) is 7.31. The van der Waals surface area contributed by atoms with Crippen LogP contribution in [-0.4, -0.2) is 49.3 Å². The van der Waals surface area contributed by atoms with Gasteiger partial charge in [-0.1, -0.05) is 60.7 Å². The molecule has 2 aromatic carbocycles. The van der Waals surface area contributed by atoms with Crippen LogP contribution in [0, 0.1) is 0 Å². The van der Waals surface area contributed by atoms with Crippen molar-refractivity contribution in [3.8, 4) is 0 Å². The zero-order valence-corrected chi connectivity index (χ0v) is 20.3. The molecule has 7 nitrogen and oxygen atoms in total. The van der Waals surface area contributed by atoms with Crippen LogP contribution in [0.5, 0.6) is 0 Å². The van der Waals surface area contributed by atoms with Gasteiger partial charge in [-0.2, -0.15) is 4.31 Å². The number of hydrogen-bond donors (Lipinski definition) is 0. The van der Waals surface area contributed by atoms with E-state index in [1.807, 2.05) is 60.7 Å². The van der Waals surface area contributed by atoms with Crippen LogP contribution >= 0.6 is 0 Å². The van der Waals surface area contributed by atoms with Gasteiger partial charge in [-0.15, -0.1) is 0 Å². The molecule has 1 fully saturated rings. The molecule has 1 unspecified atom stereocenters. The summed E-state index contributed by atoms with van der Waals surface area (Å²) in [4.78, 5) is 15.1. The van der Waals surface area contributed by atoms with E-state index in [1.165, 1.54) is 9.71 Å². The summed E-state index contributed by atoms with van der Waals surface area (Å²) in [5.41, 5.74) is 1.72. The highest BCUT2D eigenvalue weighted by atomic mass is 32.2. The largest absolute Gasteiger partial charge is 0.467 e. The van der Waals surface area contributed by atoms with Crippen molar-refractivity contribution in [1.29, 1.82) is 0 Å². The molecule has 4 rings (SSSR count). The number of benzene rings is 2. The summed E-state index contributed by atoms with van der Waals surface area (Å²) in [6.07, 6.45) is 4.53. The maximum atomic E-state index is 13.5. The Bertz CT molecular complexity index is 1190. The summed E-state index contributed by atoms with van der Waals surface area (Å²) in [7, 11) is -3.87. The first-order valence-corrected chi connectivity index (χ1v) is 13.2. The third-order valence-electron chi connectivity index (χ3n) is 5.83. The van der Waals surface area contributed by atoms with E-state index < -0.39 is 10.0 Å². The third kappa shape index (κ3) is 7.39. The van der Waals surface area contributed by atoms with E-state index >= 15 is 0 Å². The summed E-state index contributed by atoms with van der Waals surface area (Å²) < 4.78 is 39.0. The standard InChI is InChI=1S/C27H30N2O5S/c30-27(28(20-25-13-7-16-33-25)19-24-11-5-2-6-12-24)22-29(21-26-14-8-17-34-26)35(31,32)18-15-23-9-3-1-4-10-23/h1-7,9-13,15-16,18,26H,8,14,17,19-22H2/b18-15+.